The van der Waals surface area contributed by atoms with Crippen LogP contribution in [0, 0.1) is 11.8 Å². The number of hydrogen-bond acceptors (Lipinski definition) is 0. The van der Waals surface area contributed by atoms with Crippen molar-refractivity contribution >= 4 is 0 Å². The molecule has 0 nitrogen and oxygen atoms in total. The van der Waals surface area contributed by atoms with Crippen molar-refractivity contribution in [3.8, 4) is 0 Å². The van der Waals surface area contributed by atoms with Crippen LogP contribution in [0.2, 0.25) is 0 Å². The molecule has 3 unspecified atom stereocenters. The van der Waals surface area contributed by atoms with Crippen LogP contribution >= 0.6 is 0 Å². The van der Waals surface area contributed by atoms with Gasteiger partial charge in [-0.3, -0.25) is 0 Å². The molecule has 0 heterocycles. The Balaban J connectivity index is 2.07. The zero-order chi connectivity index (χ0) is 9.97. The lowest BCUT2D eigenvalue weighted by molar-refractivity contribution is 0.250. The van der Waals surface area contributed by atoms with Crippen molar-refractivity contribution in [2.75, 3.05) is 0 Å². The van der Waals surface area contributed by atoms with Crippen molar-refractivity contribution < 1.29 is 0 Å². The van der Waals surface area contributed by atoms with Crippen LogP contribution in [-0.4, -0.2) is 0 Å². The molecule has 1 aliphatic carbocycles. The minimum Gasteiger partial charge on any atom is -0.0623 e. The van der Waals surface area contributed by atoms with Gasteiger partial charge in [0, 0.05) is 0 Å². The summed E-state index contributed by atoms with van der Waals surface area (Å²) in [7, 11) is 0. The summed E-state index contributed by atoms with van der Waals surface area (Å²) in [5.74, 6) is 2.64. The van der Waals surface area contributed by atoms with Crippen LogP contribution < -0.4 is 0 Å². The van der Waals surface area contributed by atoms with E-state index in [0.29, 0.717) is 0 Å². The first-order valence-electron chi connectivity index (χ1n) is 5.82. The summed E-state index contributed by atoms with van der Waals surface area (Å²) in [6.07, 6.45) is 4.17. The fourth-order valence-corrected chi connectivity index (χ4v) is 2.58. The third-order valence-electron chi connectivity index (χ3n) is 3.87. The van der Waals surface area contributed by atoms with E-state index in [1.165, 1.54) is 19.3 Å². The Labute approximate surface area is 87.3 Å². The summed E-state index contributed by atoms with van der Waals surface area (Å²) in [5.41, 5.74) is 1.55. The van der Waals surface area contributed by atoms with Crippen molar-refractivity contribution in [1.29, 1.82) is 0 Å². The Morgan fingerprint density at radius 1 is 0.929 bits per heavy atom. The van der Waals surface area contributed by atoms with Gasteiger partial charge in [-0.1, -0.05) is 44.2 Å². The molecule has 2 rings (SSSR count). The second-order valence-corrected chi connectivity index (χ2v) is 4.88. The first-order valence-corrected chi connectivity index (χ1v) is 5.82. The lowest BCUT2D eigenvalue weighted by atomic mass is 9.73. The molecule has 0 saturated heterocycles. The fraction of sp³-hybridized carbons (Fsp3) is 0.571. The maximum absolute atomic E-state index is 2.40. The monoisotopic (exact) mass is 188 g/mol. The molecule has 0 N–H and O–H groups in total. The van der Waals surface area contributed by atoms with Gasteiger partial charge in [0.15, 0.2) is 0 Å². The molecule has 0 radical (unpaired) electrons. The normalized spacial score (nSPS) is 32.9. The quantitative estimate of drug-likeness (QED) is 0.619. The fourth-order valence-electron chi connectivity index (χ4n) is 2.58. The van der Waals surface area contributed by atoms with E-state index < -0.39 is 0 Å². The van der Waals surface area contributed by atoms with Gasteiger partial charge in [0.25, 0.3) is 0 Å². The first-order chi connectivity index (χ1) is 6.77. The number of rotatable bonds is 1. The third-order valence-corrected chi connectivity index (χ3v) is 3.87. The Morgan fingerprint density at radius 3 is 2.29 bits per heavy atom. The van der Waals surface area contributed by atoms with Crippen LogP contribution in [0.1, 0.15) is 44.6 Å². The summed E-state index contributed by atoms with van der Waals surface area (Å²) in [5, 5.41) is 0. The second-order valence-electron chi connectivity index (χ2n) is 4.88. The van der Waals surface area contributed by atoms with Crippen LogP contribution in [0.25, 0.3) is 0 Å². The Morgan fingerprint density at radius 2 is 1.64 bits per heavy atom. The van der Waals surface area contributed by atoms with E-state index in [9.17, 15) is 0 Å². The molecule has 1 aromatic rings. The van der Waals surface area contributed by atoms with Crippen molar-refractivity contribution in [1.82, 2.24) is 0 Å². The maximum atomic E-state index is 2.40. The van der Waals surface area contributed by atoms with Gasteiger partial charge in [0.1, 0.15) is 0 Å². The Kier molecular flexibility index (Phi) is 2.90. The second kappa shape index (κ2) is 4.16. The van der Waals surface area contributed by atoms with Crippen LogP contribution in [0.5, 0.6) is 0 Å². The number of benzene rings is 1. The minimum absolute atomic E-state index is 0.822. The van der Waals surface area contributed by atoms with Gasteiger partial charge >= 0.3 is 0 Å². The molecule has 0 heteroatoms. The topological polar surface area (TPSA) is 0 Å². The standard InChI is InChI=1S/C14H20/c1-11-8-9-14(10-12(11)2)13-6-4-3-5-7-13/h3-7,11-12,14H,8-10H2,1-2H3. The molecule has 1 fully saturated rings. The van der Waals surface area contributed by atoms with Gasteiger partial charge in [0.2, 0.25) is 0 Å². The molecule has 1 aromatic carbocycles. The van der Waals surface area contributed by atoms with Gasteiger partial charge in [-0.05, 0) is 42.6 Å². The molecular formula is C14H20. The van der Waals surface area contributed by atoms with Crippen LogP contribution in [0.15, 0.2) is 30.3 Å². The average molecular weight is 188 g/mol. The van der Waals surface area contributed by atoms with E-state index in [-0.39, 0.29) is 0 Å². The molecule has 0 bridgehead atoms. The largest absolute Gasteiger partial charge is 0.0623 e. The van der Waals surface area contributed by atoms with Crippen LogP contribution in [0.3, 0.4) is 0 Å². The Bertz CT molecular complexity index is 275. The third kappa shape index (κ3) is 2.00. The van der Waals surface area contributed by atoms with Crippen LogP contribution in [-0.2, 0) is 0 Å². The lowest BCUT2D eigenvalue weighted by Gasteiger charge is -2.32. The highest BCUT2D eigenvalue weighted by Gasteiger charge is 2.25. The van der Waals surface area contributed by atoms with E-state index in [1.807, 2.05) is 0 Å². The van der Waals surface area contributed by atoms with Crippen molar-refractivity contribution in [3.63, 3.8) is 0 Å². The predicted octanol–water partition coefficient (Wildman–Crippen LogP) is 4.23. The SMILES string of the molecule is CC1CCC(c2ccccc2)CC1C. The molecule has 1 saturated carbocycles. The highest BCUT2D eigenvalue weighted by molar-refractivity contribution is 5.20. The van der Waals surface area contributed by atoms with Gasteiger partial charge in [-0.15, -0.1) is 0 Å². The molecule has 14 heavy (non-hydrogen) atoms. The minimum atomic E-state index is 0.822. The molecule has 1 aliphatic rings. The summed E-state index contributed by atoms with van der Waals surface area (Å²) < 4.78 is 0. The van der Waals surface area contributed by atoms with E-state index in [2.05, 4.69) is 44.2 Å². The molecular weight excluding hydrogens is 168 g/mol. The summed E-state index contributed by atoms with van der Waals surface area (Å²) in [6, 6.07) is 11.0. The highest BCUT2D eigenvalue weighted by atomic mass is 14.3. The van der Waals surface area contributed by atoms with E-state index in [0.717, 1.165) is 17.8 Å². The van der Waals surface area contributed by atoms with Gasteiger partial charge in [0.05, 0.1) is 0 Å². The van der Waals surface area contributed by atoms with E-state index >= 15 is 0 Å². The molecule has 0 amide bonds. The van der Waals surface area contributed by atoms with Crippen molar-refractivity contribution in [2.24, 2.45) is 11.8 Å². The zero-order valence-electron chi connectivity index (χ0n) is 9.24. The van der Waals surface area contributed by atoms with E-state index in [4.69, 9.17) is 0 Å². The van der Waals surface area contributed by atoms with Crippen LogP contribution in [0.4, 0.5) is 0 Å². The molecule has 3 atom stereocenters. The number of hydrogen-bond donors (Lipinski definition) is 0. The lowest BCUT2D eigenvalue weighted by Crippen LogP contribution is -2.19. The van der Waals surface area contributed by atoms with Gasteiger partial charge in [-0.2, -0.15) is 0 Å². The molecule has 0 aliphatic heterocycles. The Hall–Kier alpha value is -0.780. The maximum Gasteiger partial charge on any atom is -0.0159 e. The zero-order valence-corrected chi connectivity index (χ0v) is 9.24. The molecule has 0 spiro atoms. The van der Waals surface area contributed by atoms with Crippen molar-refractivity contribution in [3.05, 3.63) is 35.9 Å². The predicted molar refractivity (Wildman–Crippen MR) is 61.4 cm³/mol. The summed E-state index contributed by atoms with van der Waals surface area (Å²) in [4.78, 5) is 0. The summed E-state index contributed by atoms with van der Waals surface area (Å²) in [6.45, 7) is 4.80. The summed E-state index contributed by atoms with van der Waals surface area (Å²) >= 11 is 0. The molecule has 76 valence electrons. The van der Waals surface area contributed by atoms with Gasteiger partial charge < -0.3 is 0 Å². The smallest absolute Gasteiger partial charge is 0.0159 e. The average Bonchev–Trinajstić information content (AvgIpc) is 2.23. The van der Waals surface area contributed by atoms with Crippen molar-refractivity contribution in [2.45, 2.75) is 39.0 Å². The molecule has 0 aromatic heterocycles. The first kappa shape index (κ1) is 9.76. The van der Waals surface area contributed by atoms with E-state index in [1.54, 1.807) is 5.56 Å². The van der Waals surface area contributed by atoms with Gasteiger partial charge in [-0.25, -0.2) is 0 Å². The highest BCUT2D eigenvalue weighted by Crippen LogP contribution is 2.38.